The second-order valence-electron chi connectivity index (χ2n) is 6.29. The van der Waals surface area contributed by atoms with Crippen LogP contribution in [0.25, 0.3) is 21.1 Å². The number of hydrazone groups is 1. The van der Waals surface area contributed by atoms with Crippen molar-refractivity contribution in [2.24, 2.45) is 5.10 Å². The number of hydrogen-bond donors (Lipinski definition) is 1. The number of thioether (sulfide) groups is 1. The number of benzene rings is 2. The second-order valence-corrected chi connectivity index (χ2v) is 8.54. The fraction of sp³-hybridized carbons (Fsp3) is 0.190. The molecule has 0 saturated heterocycles. The van der Waals surface area contributed by atoms with Crippen LogP contribution in [0.2, 0.25) is 0 Å². The summed E-state index contributed by atoms with van der Waals surface area (Å²) in [6.45, 7) is 5.10. The molecular weight excluding hydrogens is 388 g/mol. The molecule has 2 aromatic heterocycles. The second kappa shape index (κ2) is 8.16. The molecule has 0 atom stereocenters. The molecule has 0 bridgehead atoms. The summed E-state index contributed by atoms with van der Waals surface area (Å²) in [4.78, 5) is 16.7. The van der Waals surface area contributed by atoms with Gasteiger partial charge in [0.25, 0.3) is 5.91 Å². The molecule has 0 fully saturated rings. The Kier molecular flexibility index (Phi) is 5.45. The predicted molar refractivity (Wildman–Crippen MR) is 118 cm³/mol. The maximum atomic E-state index is 12.2. The lowest BCUT2D eigenvalue weighted by Gasteiger charge is -2.03. The number of nitrogens with one attached hydrogen (secondary N) is 1. The lowest BCUT2D eigenvalue weighted by molar-refractivity contribution is -0.118. The highest BCUT2D eigenvalue weighted by Crippen LogP contribution is 2.29. The quantitative estimate of drug-likeness (QED) is 0.283. The highest BCUT2D eigenvalue weighted by Gasteiger charge is 2.11. The van der Waals surface area contributed by atoms with Crippen molar-refractivity contribution in [2.45, 2.75) is 24.7 Å². The number of hydrogen-bond acceptors (Lipinski definition) is 5. The van der Waals surface area contributed by atoms with E-state index in [2.05, 4.69) is 46.1 Å². The molecule has 142 valence electrons. The molecular formula is C21H20N4OS2. The number of thiazole rings is 1. The van der Waals surface area contributed by atoms with E-state index in [1.807, 2.05) is 36.4 Å². The van der Waals surface area contributed by atoms with Crippen LogP contribution in [-0.2, 0) is 11.3 Å². The summed E-state index contributed by atoms with van der Waals surface area (Å²) in [7, 11) is 0. The molecule has 0 radical (unpaired) electrons. The van der Waals surface area contributed by atoms with Gasteiger partial charge >= 0.3 is 0 Å². The zero-order chi connectivity index (χ0) is 19.5. The normalized spacial score (nSPS) is 11.6. The van der Waals surface area contributed by atoms with E-state index in [0.29, 0.717) is 0 Å². The Hall–Kier alpha value is -2.64. The van der Waals surface area contributed by atoms with Crippen LogP contribution in [0.3, 0.4) is 0 Å². The van der Waals surface area contributed by atoms with Crippen LogP contribution >= 0.6 is 23.1 Å². The average Bonchev–Trinajstić information content (AvgIpc) is 3.25. The van der Waals surface area contributed by atoms with E-state index >= 15 is 0 Å². The third-order valence-corrected chi connectivity index (χ3v) is 6.76. The van der Waals surface area contributed by atoms with Gasteiger partial charge in [0.05, 0.1) is 22.2 Å². The van der Waals surface area contributed by atoms with Crippen molar-refractivity contribution in [3.8, 4) is 0 Å². The summed E-state index contributed by atoms with van der Waals surface area (Å²) in [5.74, 6) is 0.143. The number of aromatic nitrogens is 2. The van der Waals surface area contributed by atoms with Crippen LogP contribution in [0, 0.1) is 6.92 Å². The molecule has 0 unspecified atom stereocenters. The summed E-state index contributed by atoms with van der Waals surface area (Å²) in [5, 5.41) is 5.33. The number of aryl methyl sites for hydroxylation is 1. The monoisotopic (exact) mass is 408 g/mol. The van der Waals surface area contributed by atoms with Crippen LogP contribution in [-0.4, -0.2) is 27.4 Å². The van der Waals surface area contributed by atoms with Crippen molar-refractivity contribution in [1.82, 2.24) is 15.0 Å². The van der Waals surface area contributed by atoms with Gasteiger partial charge in [0.15, 0.2) is 4.34 Å². The molecule has 1 N–H and O–H groups in total. The minimum absolute atomic E-state index is 0.141. The largest absolute Gasteiger partial charge is 0.344 e. The number of fused-ring (bicyclic) bond motifs is 2. The lowest BCUT2D eigenvalue weighted by atomic mass is 10.1. The van der Waals surface area contributed by atoms with Gasteiger partial charge in [0.2, 0.25) is 0 Å². The molecule has 0 aliphatic rings. The number of nitrogens with zero attached hydrogens (tertiary/aromatic N) is 3. The Bertz CT molecular complexity index is 1140. The average molecular weight is 409 g/mol. The minimum atomic E-state index is -0.141. The fourth-order valence-corrected chi connectivity index (χ4v) is 5.13. The summed E-state index contributed by atoms with van der Waals surface area (Å²) >= 11 is 3.03. The van der Waals surface area contributed by atoms with Crippen LogP contribution < -0.4 is 5.43 Å². The van der Waals surface area contributed by atoms with Crippen molar-refractivity contribution in [1.29, 1.82) is 0 Å². The van der Waals surface area contributed by atoms with Crippen LogP contribution in [0.1, 0.15) is 18.2 Å². The van der Waals surface area contributed by atoms with Gasteiger partial charge in [0.1, 0.15) is 0 Å². The number of para-hydroxylation sites is 2. The van der Waals surface area contributed by atoms with Gasteiger partial charge in [-0.3, -0.25) is 4.79 Å². The van der Waals surface area contributed by atoms with Crippen LogP contribution in [0.5, 0.6) is 0 Å². The molecule has 2 heterocycles. The Morgan fingerprint density at radius 2 is 2.04 bits per heavy atom. The predicted octanol–water partition coefficient (Wildman–Crippen LogP) is 4.82. The van der Waals surface area contributed by atoms with Gasteiger partial charge in [-0.1, -0.05) is 42.1 Å². The Balaban J connectivity index is 1.41. The first-order valence-corrected chi connectivity index (χ1v) is 10.9. The first kappa shape index (κ1) is 18.7. The Morgan fingerprint density at radius 1 is 1.25 bits per heavy atom. The molecule has 0 saturated carbocycles. The molecule has 28 heavy (non-hydrogen) atoms. The van der Waals surface area contributed by atoms with E-state index in [1.54, 1.807) is 17.6 Å². The molecule has 0 aliphatic heterocycles. The molecule has 4 rings (SSSR count). The molecule has 2 aromatic carbocycles. The molecule has 0 spiro atoms. The Morgan fingerprint density at radius 3 is 2.86 bits per heavy atom. The number of carbonyl (C=O) groups is 1. The highest BCUT2D eigenvalue weighted by atomic mass is 32.2. The van der Waals surface area contributed by atoms with Gasteiger partial charge < -0.3 is 4.57 Å². The summed E-state index contributed by atoms with van der Waals surface area (Å²) in [6.07, 6.45) is 1.74. The zero-order valence-electron chi connectivity index (χ0n) is 15.7. The van der Waals surface area contributed by atoms with E-state index in [0.717, 1.165) is 37.7 Å². The van der Waals surface area contributed by atoms with Gasteiger partial charge in [-0.15, -0.1) is 11.3 Å². The van der Waals surface area contributed by atoms with Gasteiger partial charge in [0, 0.05) is 28.7 Å². The van der Waals surface area contributed by atoms with E-state index in [4.69, 9.17) is 0 Å². The van der Waals surface area contributed by atoms with Crippen molar-refractivity contribution < 1.29 is 4.79 Å². The lowest BCUT2D eigenvalue weighted by Crippen LogP contribution is -2.19. The molecule has 0 aliphatic carbocycles. The molecule has 4 aromatic rings. The standard InChI is InChI=1S/C21H20N4OS2/c1-3-25-14(2)16(15-8-4-6-10-18(15)25)12-22-24-20(26)13-27-21-23-17-9-5-7-11-19(17)28-21/h4-12H,3,13H2,1-2H3,(H,24,26)/b22-12-. The molecule has 7 heteroatoms. The van der Waals surface area contributed by atoms with Gasteiger partial charge in [-0.2, -0.15) is 5.10 Å². The SMILES string of the molecule is CCn1c(C)c(/C=N\NC(=O)CSc2nc3ccccc3s2)c2ccccc21. The summed E-state index contributed by atoms with van der Waals surface area (Å²) < 4.78 is 4.27. The zero-order valence-corrected chi connectivity index (χ0v) is 17.3. The minimum Gasteiger partial charge on any atom is -0.344 e. The van der Waals surface area contributed by atoms with E-state index < -0.39 is 0 Å². The summed E-state index contributed by atoms with van der Waals surface area (Å²) in [5.41, 5.74) is 6.96. The first-order valence-electron chi connectivity index (χ1n) is 9.05. The maximum Gasteiger partial charge on any atom is 0.250 e. The summed E-state index contributed by atoms with van der Waals surface area (Å²) in [6, 6.07) is 16.2. The number of rotatable bonds is 6. The Labute approximate surface area is 171 Å². The van der Waals surface area contributed by atoms with Gasteiger partial charge in [-0.25, -0.2) is 10.4 Å². The van der Waals surface area contributed by atoms with Crippen molar-refractivity contribution in [3.63, 3.8) is 0 Å². The smallest absolute Gasteiger partial charge is 0.250 e. The first-order chi connectivity index (χ1) is 13.7. The van der Waals surface area contributed by atoms with E-state index in [1.165, 1.54) is 17.3 Å². The highest BCUT2D eigenvalue weighted by molar-refractivity contribution is 8.01. The van der Waals surface area contributed by atoms with Crippen molar-refractivity contribution in [3.05, 3.63) is 59.8 Å². The van der Waals surface area contributed by atoms with Crippen LogP contribution in [0.4, 0.5) is 0 Å². The molecule has 5 nitrogen and oxygen atoms in total. The van der Waals surface area contributed by atoms with E-state index in [9.17, 15) is 4.79 Å². The number of carbonyl (C=O) groups excluding carboxylic acids is 1. The third kappa shape index (κ3) is 3.68. The number of amides is 1. The van der Waals surface area contributed by atoms with E-state index in [-0.39, 0.29) is 11.7 Å². The van der Waals surface area contributed by atoms with Gasteiger partial charge in [-0.05, 0) is 32.0 Å². The fourth-order valence-electron chi connectivity index (χ4n) is 3.27. The molecule has 1 amide bonds. The maximum absolute atomic E-state index is 12.2. The van der Waals surface area contributed by atoms with Crippen LogP contribution in [0.15, 0.2) is 58.0 Å². The van der Waals surface area contributed by atoms with Crippen molar-refractivity contribution in [2.75, 3.05) is 5.75 Å². The van der Waals surface area contributed by atoms with Crippen molar-refractivity contribution >= 4 is 56.3 Å². The third-order valence-electron chi connectivity index (χ3n) is 4.58. The topological polar surface area (TPSA) is 59.3 Å².